The van der Waals surface area contributed by atoms with E-state index < -0.39 is 23.7 Å². The van der Waals surface area contributed by atoms with Gasteiger partial charge in [0.1, 0.15) is 11.9 Å². The van der Waals surface area contributed by atoms with E-state index in [9.17, 15) is 19.2 Å². The van der Waals surface area contributed by atoms with Gasteiger partial charge in [-0.25, -0.2) is 4.39 Å². The molecule has 1 unspecified atom stereocenters. The number of benzene rings is 2. The van der Waals surface area contributed by atoms with Crippen LogP contribution in [0.1, 0.15) is 44.7 Å². The maximum absolute atomic E-state index is 15.1. The van der Waals surface area contributed by atoms with Crippen LogP contribution in [0.25, 0.3) is 0 Å². The third kappa shape index (κ3) is 4.10. The summed E-state index contributed by atoms with van der Waals surface area (Å²) in [5.41, 5.74) is 2.05. The number of rotatable bonds is 3. The predicted molar refractivity (Wildman–Crippen MR) is 122 cm³/mol. The number of anilines is 1. The minimum Gasteiger partial charge on any atom is -0.366 e. The molecule has 4 amide bonds. The summed E-state index contributed by atoms with van der Waals surface area (Å²) in [5.74, 6) is -2.01. The van der Waals surface area contributed by atoms with Gasteiger partial charge in [0.25, 0.3) is 11.8 Å². The molecular weight excluding hydrogens is 453 g/mol. The number of nitrogens with zero attached hydrogens (tertiary/aromatic N) is 4. The number of halogens is 1. The molecule has 1 atom stereocenters. The zero-order chi connectivity index (χ0) is 24.7. The van der Waals surface area contributed by atoms with Crippen LogP contribution in [0.15, 0.2) is 36.4 Å². The molecule has 2 fully saturated rings. The fourth-order valence-electron chi connectivity index (χ4n) is 4.87. The Hall–Kier alpha value is -4.26. The van der Waals surface area contributed by atoms with Crippen LogP contribution in [0, 0.1) is 17.1 Å². The van der Waals surface area contributed by atoms with E-state index in [0.29, 0.717) is 48.6 Å². The van der Waals surface area contributed by atoms with Crippen LogP contribution in [0.4, 0.5) is 10.1 Å². The Bertz CT molecular complexity index is 1300. The Morgan fingerprint density at radius 3 is 2.57 bits per heavy atom. The molecule has 3 heterocycles. The Kier molecular flexibility index (Phi) is 5.68. The van der Waals surface area contributed by atoms with Crippen molar-refractivity contribution in [3.05, 3.63) is 64.5 Å². The van der Waals surface area contributed by atoms with Crippen molar-refractivity contribution >= 4 is 29.3 Å². The number of piperidine rings is 1. The molecule has 2 saturated heterocycles. The molecule has 5 rings (SSSR count). The Balaban J connectivity index is 1.29. The lowest BCUT2D eigenvalue weighted by Gasteiger charge is -2.36. The fraction of sp³-hybridized carbons (Fsp3) is 0.320. The summed E-state index contributed by atoms with van der Waals surface area (Å²) in [6.07, 6.45) is 0.396. The van der Waals surface area contributed by atoms with E-state index in [0.717, 1.165) is 0 Å². The van der Waals surface area contributed by atoms with Crippen LogP contribution in [-0.2, 0) is 16.1 Å². The number of piperazine rings is 1. The number of carbonyl (C=O) groups is 4. The van der Waals surface area contributed by atoms with Gasteiger partial charge in [-0.3, -0.25) is 24.5 Å². The van der Waals surface area contributed by atoms with Gasteiger partial charge in [0.05, 0.1) is 17.3 Å². The zero-order valence-corrected chi connectivity index (χ0v) is 18.8. The first-order valence-electron chi connectivity index (χ1n) is 11.4. The number of nitrogens with one attached hydrogen (secondary N) is 1. The van der Waals surface area contributed by atoms with E-state index in [4.69, 9.17) is 5.26 Å². The van der Waals surface area contributed by atoms with Crippen LogP contribution in [0.5, 0.6) is 0 Å². The van der Waals surface area contributed by atoms with Crippen molar-refractivity contribution in [2.45, 2.75) is 25.4 Å². The lowest BCUT2D eigenvalue weighted by Crippen LogP contribution is -2.52. The number of amides is 4. The second-order valence-electron chi connectivity index (χ2n) is 8.83. The average Bonchev–Trinajstić information content (AvgIpc) is 3.18. The summed E-state index contributed by atoms with van der Waals surface area (Å²) in [6, 6.07) is 10.7. The number of carbonyl (C=O) groups excluding carboxylic acids is 4. The molecule has 2 aromatic carbocycles. The molecular formula is C25H22FN5O4. The third-order valence-electron chi connectivity index (χ3n) is 6.74. The summed E-state index contributed by atoms with van der Waals surface area (Å²) in [7, 11) is 0. The van der Waals surface area contributed by atoms with Crippen LogP contribution in [-0.4, -0.2) is 65.6 Å². The first-order valence-corrected chi connectivity index (χ1v) is 11.4. The van der Waals surface area contributed by atoms with Crippen molar-refractivity contribution in [2.24, 2.45) is 0 Å². The second kappa shape index (κ2) is 8.83. The van der Waals surface area contributed by atoms with Gasteiger partial charge in [-0.15, -0.1) is 0 Å². The van der Waals surface area contributed by atoms with Crippen molar-refractivity contribution in [1.82, 2.24) is 15.1 Å². The summed E-state index contributed by atoms with van der Waals surface area (Å²) in [5, 5.41) is 11.3. The molecule has 178 valence electrons. The zero-order valence-electron chi connectivity index (χ0n) is 18.8. The first-order chi connectivity index (χ1) is 16.9. The van der Waals surface area contributed by atoms with Gasteiger partial charge in [0.15, 0.2) is 0 Å². The molecule has 3 aliphatic rings. The van der Waals surface area contributed by atoms with Crippen LogP contribution < -0.4 is 10.2 Å². The lowest BCUT2D eigenvalue weighted by molar-refractivity contribution is -0.136. The number of fused-ring (bicyclic) bond motifs is 1. The smallest absolute Gasteiger partial charge is 0.255 e. The highest BCUT2D eigenvalue weighted by Crippen LogP contribution is 2.33. The third-order valence-corrected chi connectivity index (χ3v) is 6.74. The largest absolute Gasteiger partial charge is 0.366 e. The van der Waals surface area contributed by atoms with E-state index in [-0.39, 0.29) is 36.8 Å². The molecule has 1 N–H and O–H groups in total. The topological polar surface area (TPSA) is 114 Å². The van der Waals surface area contributed by atoms with Gasteiger partial charge in [0.2, 0.25) is 11.8 Å². The highest BCUT2D eigenvalue weighted by molar-refractivity contribution is 6.05. The Morgan fingerprint density at radius 1 is 1.09 bits per heavy atom. The quantitative estimate of drug-likeness (QED) is 0.672. The molecule has 0 spiro atoms. The standard InChI is InChI=1S/C25H22FN5O4/c26-19-12-18-17(14-31(25(18)35)20-4-5-22(32)28-23(20)33)11-21(19)29-6-8-30(9-7-29)24(34)16-3-1-2-15(10-16)13-27/h1-3,10-12,20H,4-9,14H2,(H,28,32,33). The van der Waals surface area contributed by atoms with Crippen LogP contribution in [0.2, 0.25) is 0 Å². The summed E-state index contributed by atoms with van der Waals surface area (Å²) >= 11 is 0. The highest BCUT2D eigenvalue weighted by Gasteiger charge is 2.40. The van der Waals surface area contributed by atoms with Crippen molar-refractivity contribution in [3.63, 3.8) is 0 Å². The summed E-state index contributed by atoms with van der Waals surface area (Å²) in [4.78, 5) is 54.3. The SMILES string of the molecule is N#Cc1cccc(C(=O)N2CCN(c3cc4c(cc3F)C(=O)N(C3CCC(=O)NC3=O)C4)CC2)c1. The lowest BCUT2D eigenvalue weighted by atomic mass is 10.0. The first kappa shape index (κ1) is 22.5. The van der Waals surface area contributed by atoms with Crippen LogP contribution >= 0.6 is 0 Å². The van der Waals surface area contributed by atoms with E-state index >= 15 is 4.39 Å². The molecule has 3 aliphatic heterocycles. The molecule has 10 heteroatoms. The minimum atomic E-state index is -0.756. The number of imide groups is 1. The van der Waals surface area contributed by atoms with Gasteiger partial charge in [0, 0.05) is 50.3 Å². The van der Waals surface area contributed by atoms with Gasteiger partial charge in [-0.05, 0) is 42.3 Å². The van der Waals surface area contributed by atoms with Crippen molar-refractivity contribution in [1.29, 1.82) is 5.26 Å². The molecule has 2 aromatic rings. The maximum Gasteiger partial charge on any atom is 0.255 e. The number of hydrogen-bond acceptors (Lipinski definition) is 6. The molecule has 0 radical (unpaired) electrons. The van der Waals surface area contributed by atoms with Gasteiger partial charge in [-0.1, -0.05) is 6.07 Å². The molecule has 0 aromatic heterocycles. The Labute approximate surface area is 200 Å². The number of nitriles is 1. The van der Waals surface area contributed by atoms with E-state index in [2.05, 4.69) is 5.32 Å². The van der Waals surface area contributed by atoms with Crippen molar-refractivity contribution in [2.75, 3.05) is 31.1 Å². The minimum absolute atomic E-state index is 0.153. The van der Waals surface area contributed by atoms with Crippen molar-refractivity contribution in [3.8, 4) is 6.07 Å². The predicted octanol–water partition coefficient (Wildman–Crippen LogP) is 1.42. The van der Waals surface area contributed by atoms with E-state index in [1.807, 2.05) is 11.0 Å². The molecule has 0 aliphatic carbocycles. The number of hydrogen-bond donors (Lipinski definition) is 1. The summed E-state index contributed by atoms with van der Waals surface area (Å²) < 4.78 is 15.1. The van der Waals surface area contributed by atoms with Crippen molar-refractivity contribution < 1.29 is 23.6 Å². The van der Waals surface area contributed by atoms with Gasteiger partial charge < -0.3 is 14.7 Å². The van der Waals surface area contributed by atoms with E-state index in [1.54, 1.807) is 35.2 Å². The fourth-order valence-corrected chi connectivity index (χ4v) is 4.87. The van der Waals surface area contributed by atoms with Gasteiger partial charge in [-0.2, -0.15) is 5.26 Å². The molecule has 0 bridgehead atoms. The van der Waals surface area contributed by atoms with E-state index in [1.165, 1.54) is 11.0 Å². The maximum atomic E-state index is 15.1. The average molecular weight is 475 g/mol. The molecule has 0 saturated carbocycles. The normalized spacial score (nSPS) is 19.9. The highest BCUT2D eigenvalue weighted by atomic mass is 19.1. The summed E-state index contributed by atoms with van der Waals surface area (Å²) in [6.45, 7) is 1.75. The van der Waals surface area contributed by atoms with Gasteiger partial charge >= 0.3 is 0 Å². The van der Waals surface area contributed by atoms with Crippen LogP contribution in [0.3, 0.4) is 0 Å². The second-order valence-corrected chi connectivity index (χ2v) is 8.83. The Morgan fingerprint density at radius 2 is 1.86 bits per heavy atom. The monoisotopic (exact) mass is 475 g/mol. The molecule has 9 nitrogen and oxygen atoms in total. The molecule has 35 heavy (non-hydrogen) atoms.